The van der Waals surface area contributed by atoms with Gasteiger partial charge in [0.05, 0.1) is 6.61 Å². The molecule has 4 heteroatoms. The van der Waals surface area contributed by atoms with Gasteiger partial charge in [0.25, 0.3) is 0 Å². The van der Waals surface area contributed by atoms with E-state index in [9.17, 15) is 0 Å². The average Bonchev–Trinajstić information content (AvgIpc) is 2.31. The van der Waals surface area contributed by atoms with Crippen molar-refractivity contribution in [1.82, 2.24) is 10.3 Å². The lowest BCUT2D eigenvalue weighted by molar-refractivity contribution is -0.0480. The molecule has 15 heavy (non-hydrogen) atoms. The maximum atomic E-state index is 5.42. The highest BCUT2D eigenvalue weighted by Gasteiger charge is 2.18. The standard InChI is InChI=1S/C11H17N3O/c12-13-11-9-14(6-7-15-11)8-10-4-2-1-3-5-10/h1-5,11,13H,6-9,12H2/t11-/m0/s1. The Morgan fingerprint density at radius 1 is 1.40 bits per heavy atom. The molecule has 0 aliphatic carbocycles. The predicted octanol–water partition coefficient (Wildman–Crippen LogP) is 0.308. The molecule has 0 unspecified atom stereocenters. The molecule has 1 aromatic carbocycles. The van der Waals surface area contributed by atoms with Gasteiger partial charge in [-0.3, -0.25) is 10.7 Å². The number of nitrogens with two attached hydrogens (primary N) is 1. The van der Waals surface area contributed by atoms with Crippen LogP contribution in [0.15, 0.2) is 30.3 Å². The third-order valence-electron chi connectivity index (χ3n) is 2.59. The number of hydrogen-bond donors (Lipinski definition) is 2. The summed E-state index contributed by atoms with van der Waals surface area (Å²) in [5.74, 6) is 5.36. The van der Waals surface area contributed by atoms with Crippen LogP contribution in [0.5, 0.6) is 0 Å². The van der Waals surface area contributed by atoms with Crippen LogP contribution in [0.3, 0.4) is 0 Å². The van der Waals surface area contributed by atoms with Gasteiger partial charge in [0.15, 0.2) is 0 Å². The van der Waals surface area contributed by atoms with Gasteiger partial charge in [-0.2, -0.15) is 0 Å². The maximum Gasteiger partial charge on any atom is 0.133 e. The van der Waals surface area contributed by atoms with E-state index in [0.717, 1.165) is 26.2 Å². The van der Waals surface area contributed by atoms with Crippen molar-refractivity contribution in [2.45, 2.75) is 12.8 Å². The van der Waals surface area contributed by atoms with Gasteiger partial charge in [-0.05, 0) is 5.56 Å². The number of ether oxygens (including phenoxy) is 1. The van der Waals surface area contributed by atoms with Gasteiger partial charge >= 0.3 is 0 Å². The molecule has 3 N–H and O–H groups in total. The third-order valence-corrected chi connectivity index (χ3v) is 2.59. The Kier molecular flexibility index (Phi) is 3.69. The van der Waals surface area contributed by atoms with E-state index in [-0.39, 0.29) is 6.23 Å². The zero-order chi connectivity index (χ0) is 10.5. The average molecular weight is 207 g/mol. The molecule has 0 aromatic heterocycles. The molecule has 0 radical (unpaired) electrons. The van der Waals surface area contributed by atoms with Crippen LogP contribution in [0.2, 0.25) is 0 Å². The number of nitrogens with zero attached hydrogens (tertiary/aromatic N) is 1. The molecule has 1 fully saturated rings. The van der Waals surface area contributed by atoms with Crippen LogP contribution in [-0.4, -0.2) is 30.8 Å². The van der Waals surface area contributed by atoms with Crippen LogP contribution in [0, 0.1) is 0 Å². The fourth-order valence-electron chi connectivity index (χ4n) is 1.79. The van der Waals surface area contributed by atoms with Crippen molar-refractivity contribution < 1.29 is 4.74 Å². The van der Waals surface area contributed by atoms with Gasteiger partial charge in [0.2, 0.25) is 0 Å². The van der Waals surface area contributed by atoms with Crippen molar-refractivity contribution in [3.63, 3.8) is 0 Å². The number of hydrogen-bond acceptors (Lipinski definition) is 4. The smallest absolute Gasteiger partial charge is 0.133 e. The van der Waals surface area contributed by atoms with E-state index in [1.807, 2.05) is 6.07 Å². The number of hydrazine groups is 1. The summed E-state index contributed by atoms with van der Waals surface area (Å²) in [6.07, 6.45) is -0.0394. The van der Waals surface area contributed by atoms with E-state index in [1.54, 1.807) is 0 Å². The minimum absolute atomic E-state index is 0.0394. The molecule has 0 saturated carbocycles. The van der Waals surface area contributed by atoms with Crippen LogP contribution in [0.25, 0.3) is 0 Å². The molecule has 4 nitrogen and oxygen atoms in total. The zero-order valence-corrected chi connectivity index (χ0v) is 8.73. The Hall–Kier alpha value is -0.940. The van der Waals surface area contributed by atoms with Gasteiger partial charge in [-0.1, -0.05) is 30.3 Å². The molecule has 1 aromatic rings. The molecule has 1 aliphatic rings. The lowest BCUT2D eigenvalue weighted by atomic mass is 10.2. The van der Waals surface area contributed by atoms with Gasteiger partial charge in [-0.25, -0.2) is 5.43 Å². The Balaban J connectivity index is 1.89. The number of benzene rings is 1. The van der Waals surface area contributed by atoms with Crippen molar-refractivity contribution >= 4 is 0 Å². The number of nitrogens with one attached hydrogen (secondary N) is 1. The lowest BCUT2D eigenvalue weighted by Gasteiger charge is -2.32. The van der Waals surface area contributed by atoms with Gasteiger partial charge < -0.3 is 4.74 Å². The highest BCUT2D eigenvalue weighted by Crippen LogP contribution is 2.08. The molecule has 82 valence electrons. The molecule has 0 amide bonds. The van der Waals surface area contributed by atoms with Crippen LogP contribution >= 0.6 is 0 Å². The SMILES string of the molecule is NN[C@@H]1CN(Cc2ccccc2)CCO1. The van der Waals surface area contributed by atoms with Gasteiger partial charge in [0.1, 0.15) is 6.23 Å². The predicted molar refractivity (Wildman–Crippen MR) is 58.8 cm³/mol. The van der Waals surface area contributed by atoms with Crippen molar-refractivity contribution in [3.8, 4) is 0 Å². The van der Waals surface area contributed by atoms with Crippen molar-refractivity contribution in [3.05, 3.63) is 35.9 Å². The van der Waals surface area contributed by atoms with Gasteiger partial charge in [-0.15, -0.1) is 0 Å². The molecule has 1 aliphatic heterocycles. The van der Waals surface area contributed by atoms with Gasteiger partial charge in [0, 0.05) is 19.6 Å². The molecule has 1 heterocycles. The summed E-state index contributed by atoms with van der Waals surface area (Å²) >= 11 is 0. The normalized spacial score (nSPS) is 22.9. The number of rotatable bonds is 3. The Morgan fingerprint density at radius 3 is 2.93 bits per heavy atom. The van der Waals surface area contributed by atoms with Crippen LogP contribution in [0.4, 0.5) is 0 Å². The minimum atomic E-state index is -0.0394. The second kappa shape index (κ2) is 5.23. The first-order valence-corrected chi connectivity index (χ1v) is 5.22. The zero-order valence-electron chi connectivity index (χ0n) is 8.73. The second-order valence-corrected chi connectivity index (χ2v) is 3.75. The molecule has 0 bridgehead atoms. The van der Waals surface area contributed by atoms with E-state index in [4.69, 9.17) is 10.6 Å². The molecule has 1 atom stereocenters. The van der Waals surface area contributed by atoms with E-state index >= 15 is 0 Å². The molecule has 1 saturated heterocycles. The fraction of sp³-hybridized carbons (Fsp3) is 0.455. The fourth-order valence-corrected chi connectivity index (χ4v) is 1.79. The van der Waals surface area contributed by atoms with Crippen molar-refractivity contribution in [1.29, 1.82) is 0 Å². The van der Waals surface area contributed by atoms with E-state index in [2.05, 4.69) is 34.6 Å². The largest absolute Gasteiger partial charge is 0.359 e. The van der Waals surface area contributed by atoms with E-state index in [0.29, 0.717) is 0 Å². The Morgan fingerprint density at radius 2 is 2.20 bits per heavy atom. The van der Waals surface area contributed by atoms with E-state index < -0.39 is 0 Å². The Bertz CT molecular complexity index is 291. The first kappa shape index (κ1) is 10.6. The quantitative estimate of drug-likeness (QED) is 0.553. The van der Waals surface area contributed by atoms with Crippen molar-refractivity contribution in [2.75, 3.05) is 19.7 Å². The highest BCUT2D eigenvalue weighted by molar-refractivity contribution is 5.14. The summed E-state index contributed by atoms with van der Waals surface area (Å²) in [5.41, 5.74) is 3.98. The van der Waals surface area contributed by atoms with E-state index in [1.165, 1.54) is 5.56 Å². The van der Waals surface area contributed by atoms with Crippen LogP contribution < -0.4 is 11.3 Å². The monoisotopic (exact) mass is 207 g/mol. The summed E-state index contributed by atoms with van der Waals surface area (Å²) in [6, 6.07) is 10.4. The first-order valence-electron chi connectivity index (χ1n) is 5.22. The third kappa shape index (κ3) is 3.00. The first-order chi connectivity index (χ1) is 7.38. The second-order valence-electron chi connectivity index (χ2n) is 3.75. The van der Waals surface area contributed by atoms with Crippen LogP contribution in [-0.2, 0) is 11.3 Å². The summed E-state index contributed by atoms with van der Waals surface area (Å²) in [5, 5.41) is 0. The summed E-state index contributed by atoms with van der Waals surface area (Å²) < 4.78 is 5.42. The Labute approximate surface area is 90.0 Å². The summed E-state index contributed by atoms with van der Waals surface area (Å²) in [7, 11) is 0. The topological polar surface area (TPSA) is 50.5 Å². The molecule has 2 rings (SSSR count). The molecular formula is C11H17N3O. The lowest BCUT2D eigenvalue weighted by Crippen LogP contribution is -2.51. The maximum absolute atomic E-state index is 5.42. The molecular weight excluding hydrogens is 190 g/mol. The highest BCUT2D eigenvalue weighted by atomic mass is 16.5. The van der Waals surface area contributed by atoms with Crippen LogP contribution in [0.1, 0.15) is 5.56 Å². The number of morpholine rings is 1. The summed E-state index contributed by atoms with van der Waals surface area (Å²) in [4.78, 5) is 2.34. The minimum Gasteiger partial charge on any atom is -0.359 e. The van der Waals surface area contributed by atoms with Crippen molar-refractivity contribution in [2.24, 2.45) is 5.84 Å². The molecule has 0 spiro atoms. The summed E-state index contributed by atoms with van der Waals surface area (Å²) in [6.45, 7) is 3.50.